The zero-order valence-corrected chi connectivity index (χ0v) is 11.8. The quantitative estimate of drug-likeness (QED) is 0.196. The molecule has 0 unspecified atom stereocenters. The van der Waals surface area contributed by atoms with E-state index in [1.807, 2.05) is 0 Å². The molecule has 0 aliphatic rings. The second-order valence-corrected chi connectivity index (χ2v) is 6.13. The first-order chi connectivity index (χ1) is 8.33. The largest absolute Gasteiger partial charge is 0.616 e. The summed E-state index contributed by atoms with van der Waals surface area (Å²) in [6, 6.07) is -0.552. The van der Waals surface area contributed by atoms with Gasteiger partial charge in [0.1, 0.15) is 0 Å². The fourth-order valence-electron chi connectivity index (χ4n) is 1.42. The summed E-state index contributed by atoms with van der Waals surface area (Å²) < 4.78 is 40.8. The third-order valence-corrected chi connectivity index (χ3v) is 3.36. The standard InChI is InChI=1S/C12H21F3O2Si/c1-11(2)12(16)17-9-7-5-3-4-6-8-10-18(13,14)15/h1,3-10H2,2H3. The monoisotopic (exact) mass is 282 g/mol. The number of carbonyl (C=O) groups is 1. The van der Waals surface area contributed by atoms with E-state index in [-0.39, 0.29) is 12.4 Å². The molecule has 0 N–H and O–H groups in total. The number of ether oxygens (including phenoxy) is 1. The Morgan fingerprint density at radius 2 is 1.56 bits per heavy atom. The average molecular weight is 282 g/mol. The lowest BCUT2D eigenvalue weighted by atomic mass is 10.1. The van der Waals surface area contributed by atoms with Gasteiger partial charge in [-0.25, -0.2) is 17.1 Å². The zero-order valence-electron chi connectivity index (χ0n) is 10.8. The maximum atomic E-state index is 12.0. The van der Waals surface area contributed by atoms with Gasteiger partial charge in [-0.15, -0.1) is 0 Å². The Morgan fingerprint density at radius 1 is 1.06 bits per heavy atom. The molecule has 0 aliphatic carbocycles. The summed E-state index contributed by atoms with van der Waals surface area (Å²) in [6.07, 6.45) is 4.25. The number of rotatable bonds is 10. The molecule has 0 aromatic rings. The molecule has 0 atom stereocenters. The van der Waals surface area contributed by atoms with E-state index in [4.69, 9.17) is 4.74 Å². The van der Waals surface area contributed by atoms with Crippen molar-refractivity contribution >= 4 is 15.0 Å². The molecule has 106 valence electrons. The van der Waals surface area contributed by atoms with E-state index in [0.29, 0.717) is 18.6 Å². The van der Waals surface area contributed by atoms with Crippen molar-refractivity contribution < 1.29 is 21.9 Å². The van der Waals surface area contributed by atoms with E-state index < -0.39 is 15.1 Å². The van der Waals surface area contributed by atoms with Gasteiger partial charge in [0.25, 0.3) is 0 Å². The Balaban J connectivity index is 3.22. The summed E-state index contributed by atoms with van der Waals surface area (Å²) in [5.74, 6) is -0.384. The number of esters is 1. The predicted molar refractivity (Wildman–Crippen MR) is 67.4 cm³/mol. The molecule has 6 heteroatoms. The lowest BCUT2D eigenvalue weighted by molar-refractivity contribution is -0.139. The first-order valence-corrected chi connectivity index (χ1v) is 8.06. The summed E-state index contributed by atoms with van der Waals surface area (Å²) in [5, 5.41) is 0. The summed E-state index contributed by atoms with van der Waals surface area (Å²) in [7, 11) is -5.33. The van der Waals surface area contributed by atoms with Crippen LogP contribution in [-0.4, -0.2) is 21.7 Å². The lowest BCUT2D eigenvalue weighted by Crippen LogP contribution is -2.13. The maximum Gasteiger partial charge on any atom is 0.616 e. The predicted octanol–water partition coefficient (Wildman–Crippen LogP) is 4.29. The van der Waals surface area contributed by atoms with Gasteiger partial charge in [-0.1, -0.05) is 32.3 Å². The van der Waals surface area contributed by atoms with Crippen molar-refractivity contribution in [2.24, 2.45) is 0 Å². The van der Waals surface area contributed by atoms with Crippen LogP contribution < -0.4 is 0 Å². The normalized spacial score (nSPS) is 11.3. The first kappa shape index (κ1) is 17.2. The van der Waals surface area contributed by atoms with Crippen LogP contribution in [0.15, 0.2) is 12.2 Å². The molecule has 0 heterocycles. The van der Waals surface area contributed by atoms with Gasteiger partial charge in [0.15, 0.2) is 0 Å². The van der Waals surface area contributed by atoms with E-state index in [1.165, 1.54) is 0 Å². The molecular weight excluding hydrogens is 261 g/mol. The Labute approximate surface area is 108 Å². The van der Waals surface area contributed by atoms with E-state index in [9.17, 15) is 17.1 Å². The summed E-state index contributed by atoms with van der Waals surface area (Å²) in [6.45, 7) is 5.41. The van der Waals surface area contributed by atoms with E-state index in [0.717, 1.165) is 25.7 Å². The highest BCUT2D eigenvalue weighted by atomic mass is 28.5. The van der Waals surface area contributed by atoms with Gasteiger partial charge in [-0.05, 0) is 19.8 Å². The summed E-state index contributed by atoms with van der Waals surface area (Å²) in [5.41, 5.74) is 0.381. The molecule has 2 nitrogen and oxygen atoms in total. The molecule has 0 saturated carbocycles. The highest BCUT2D eigenvalue weighted by Gasteiger charge is 2.35. The third kappa shape index (κ3) is 11.7. The second kappa shape index (κ2) is 9.19. The van der Waals surface area contributed by atoms with Crippen LogP contribution in [0.2, 0.25) is 6.04 Å². The average Bonchev–Trinajstić information content (AvgIpc) is 2.24. The van der Waals surface area contributed by atoms with Crippen LogP contribution in [0.5, 0.6) is 0 Å². The van der Waals surface area contributed by atoms with Crippen LogP contribution in [0.1, 0.15) is 45.4 Å². The van der Waals surface area contributed by atoms with Crippen molar-refractivity contribution in [3.05, 3.63) is 12.2 Å². The smallest absolute Gasteiger partial charge is 0.462 e. The lowest BCUT2D eigenvalue weighted by Gasteiger charge is -2.04. The third-order valence-electron chi connectivity index (χ3n) is 2.44. The van der Waals surface area contributed by atoms with Crippen molar-refractivity contribution in [2.75, 3.05) is 6.61 Å². The van der Waals surface area contributed by atoms with Crippen LogP contribution in [-0.2, 0) is 9.53 Å². The van der Waals surface area contributed by atoms with Gasteiger partial charge >= 0.3 is 15.0 Å². The topological polar surface area (TPSA) is 26.3 Å². The van der Waals surface area contributed by atoms with Gasteiger partial charge in [0, 0.05) is 11.6 Å². The molecule has 0 bridgehead atoms. The molecule has 0 rings (SSSR count). The van der Waals surface area contributed by atoms with Gasteiger partial charge in [0.2, 0.25) is 0 Å². The van der Waals surface area contributed by atoms with Crippen molar-refractivity contribution in [2.45, 2.75) is 51.5 Å². The molecule has 0 radical (unpaired) electrons. The molecule has 0 spiro atoms. The van der Waals surface area contributed by atoms with E-state index >= 15 is 0 Å². The van der Waals surface area contributed by atoms with Crippen LogP contribution in [0.25, 0.3) is 0 Å². The maximum absolute atomic E-state index is 12.0. The van der Waals surface area contributed by atoms with Gasteiger partial charge in [0.05, 0.1) is 6.61 Å². The second-order valence-electron chi connectivity index (χ2n) is 4.40. The van der Waals surface area contributed by atoms with Crippen molar-refractivity contribution in [3.63, 3.8) is 0 Å². The van der Waals surface area contributed by atoms with Crippen molar-refractivity contribution in [3.8, 4) is 0 Å². The van der Waals surface area contributed by atoms with E-state index in [1.54, 1.807) is 6.92 Å². The number of carbonyl (C=O) groups excluding carboxylic acids is 1. The minimum absolute atomic E-state index is 0.264. The summed E-state index contributed by atoms with van der Waals surface area (Å²) >= 11 is 0. The molecule has 0 fully saturated rings. The number of unbranched alkanes of at least 4 members (excludes halogenated alkanes) is 5. The van der Waals surface area contributed by atoms with Crippen molar-refractivity contribution in [1.29, 1.82) is 0 Å². The fraction of sp³-hybridized carbons (Fsp3) is 0.750. The Morgan fingerprint density at radius 3 is 2.06 bits per heavy atom. The number of hydrogen-bond donors (Lipinski definition) is 0. The van der Waals surface area contributed by atoms with Gasteiger partial charge < -0.3 is 4.74 Å². The Hall–Kier alpha value is -0.783. The minimum Gasteiger partial charge on any atom is -0.462 e. The van der Waals surface area contributed by atoms with Crippen LogP contribution in [0, 0.1) is 0 Å². The highest BCUT2D eigenvalue weighted by Crippen LogP contribution is 2.19. The number of halogens is 3. The summed E-state index contributed by atoms with van der Waals surface area (Å²) in [4.78, 5) is 11.0. The number of hydrogen-bond acceptors (Lipinski definition) is 2. The molecule has 0 amide bonds. The molecule has 0 aromatic heterocycles. The van der Waals surface area contributed by atoms with E-state index in [2.05, 4.69) is 6.58 Å². The zero-order chi connectivity index (χ0) is 14.0. The molecule has 0 saturated heterocycles. The van der Waals surface area contributed by atoms with Gasteiger partial charge in [-0.2, -0.15) is 0 Å². The molecular formula is C12H21F3O2Si. The molecule has 18 heavy (non-hydrogen) atoms. The van der Waals surface area contributed by atoms with Gasteiger partial charge in [-0.3, -0.25) is 0 Å². The Bertz CT molecular complexity index is 265. The van der Waals surface area contributed by atoms with Crippen LogP contribution in [0.4, 0.5) is 12.3 Å². The minimum atomic E-state index is -5.33. The Kier molecular flexibility index (Phi) is 8.79. The highest BCUT2D eigenvalue weighted by molar-refractivity contribution is 6.58. The molecule has 0 aromatic carbocycles. The molecule has 0 aliphatic heterocycles. The van der Waals surface area contributed by atoms with Crippen LogP contribution >= 0.6 is 0 Å². The first-order valence-electron chi connectivity index (χ1n) is 6.22. The SMILES string of the molecule is C=C(C)C(=O)OCCCCCCCC[Si](F)(F)F. The van der Waals surface area contributed by atoms with Crippen LogP contribution in [0.3, 0.4) is 0 Å². The van der Waals surface area contributed by atoms with Crippen molar-refractivity contribution in [1.82, 2.24) is 0 Å². The fourth-order valence-corrected chi connectivity index (χ4v) is 2.07.